The number of benzene rings is 1. The standard InChI is InChI=1S/C16H23N3O/c1-13-5-6-15-14(11-13)17-16(19(15)9-4-10-20)12-18-7-2-3-8-18/h5-6,11,20H,2-4,7-10,12H2,1H3. The molecule has 0 spiro atoms. The van der Waals surface area contributed by atoms with Crippen LogP contribution in [0.3, 0.4) is 0 Å². The minimum atomic E-state index is 0.231. The zero-order valence-electron chi connectivity index (χ0n) is 12.2. The highest BCUT2D eigenvalue weighted by molar-refractivity contribution is 5.76. The molecule has 0 aliphatic carbocycles. The Bertz CT molecular complexity index is 585. The number of likely N-dealkylation sites (tertiary alicyclic amines) is 1. The molecule has 1 saturated heterocycles. The maximum absolute atomic E-state index is 9.11. The van der Waals surface area contributed by atoms with Crippen LogP contribution < -0.4 is 0 Å². The van der Waals surface area contributed by atoms with Gasteiger partial charge in [-0.1, -0.05) is 6.07 Å². The molecule has 1 aromatic heterocycles. The maximum atomic E-state index is 9.11. The SMILES string of the molecule is Cc1ccc2c(c1)nc(CN1CCCC1)n2CCCO. The van der Waals surface area contributed by atoms with Crippen LogP contribution in [0.15, 0.2) is 18.2 Å². The van der Waals surface area contributed by atoms with Gasteiger partial charge < -0.3 is 9.67 Å². The van der Waals surface area contributed by atoms with Gasteiger partial charge in [-0.2, -0.15) is 0 Å². The van der Waals surface area contributed by atoms with E-state index < -0.39 is 0 Å². The lowest BCUT2D eigenvalue weighted by molar-refractivity contribution is 0.276. The van der Waals surface area contributed by atoms with E-state index in [1.54, 1.807) is 0 Å². The van der Waals surface area contributed by atoms with Crippen LogP contribution in [-0.2, 0) is 13.1 Å². The van der Waals surface area contributed by atoms with E-state index in [1.807, 2.05) is 0 Å². The molecule has 2 aromatic rings. The predicted molar refractivity (Wildman–Crippen MR) is 80.7 cm³/mol. The van der Waals surface area contributed by atoms with Crippen molar-refractivity contribution in [2.24, 2.45) is 0 Å². The van der Waals surface area contributed by atoms with Crippen molar-refractivity contribution in [1.29, 1.82) is 0 Å². The van der Waals surface area contributed by atoms with Crippen molar-refractivity contribution in [2.45, 2.75) is 39.3 Å². The Morgan fingerprint density at radius 2 is 2.05 bits per heavy atom. The van der Waals surface area contributed by atoms with E-state index in [-0.39, 0.29) is 6.61 Å². The molecule has 1 aromatic carbocycles. The number of aryl methyl sites for hydroxylation is 2. The largest absolute Gasteiger partial charge is 0.396 e. The summed E-state index contributed by atoms with van der Waals surface area (Å²) in [5, 5.41) is 9.11. The molecule has 1 fully saturated rings. The minimum Gasteiger partial charge on any atom is -0.396 e. The Morgan fingerprint density at radius 3 is 2.80 bits per heavy atom. The van der Waals surface area contributed by atoms with Crippen LogP contribution in [-0.4, -0.2) is 39.3 Å². The first-order valence-corrected chi connectivity index (χ1v) is 7.57. The number of aliphatic hydroxyl groups excluding tert-OH is 1. The van der Waals surface area contributed by atoms with E-state index in [1.165, 1.54) is 37.0 Å². The van der Waals surface area contributed by atoms with Crippen molar-refractivity contribution in [2.75, 3.05) is 19.7 Å². The van der Waals surface area contributed by atoms with Gasteiger partial charge in [-0.15, -0.1) is 0 Å². The third-order valence-corrected chi connectivity index (χ3v) is 4.09. The van der Waals surface area contributed by atoms with E-state index in [0.717, 1.165) is 30.9 Å². The number of fused-ring (bicyclic) bond motifs is 1. The average molecular weight is 273 g/mol. The summed E-state index contributed by atoms with van der Waals surface area (Å²) < 4.78 is 2.28. The molecule has 2 heterocycles. The Hall–Kier alpha value is -1.39. The van der Waals surface area contributed by atoms with Crippen molar-refractivity contribution >= 4 is 11.0 Å². The average Bonchev–Trinajstić information content (AvgIpc) is 3.04. The highest BCUT2D eigenvalue weighted by Gasteiger charge is 2.17. The van der Waals surface area contributed by atoms with Gasteiger partial charge in [-0.3, -0.25) is 4.90 Å². The van der Waals surface area contributed by atoms with Gasteiger partial charge in [0.2, 0.25) is 0 Å². The fourth-order valence-electron chi connectivity index (χ4n) is 3.03. The van der Waals surface area contributed by atoms with Crippen LogP contribution in [0.1, 0.15) is 30.7 Å². The lowest BCUT2D eigenvalue weighted by Gasteiger charge is -2.15. The fraction of sp³-hybridized carbons (Fsp3) is 0.562. The first-order valence-electron chi connectivity index (χ1n) is 7.57. The number of aromatic nitrogens is 2. The zero-order valence-corrected chi connectivity index (χ0v) is 12.2. The summed E-state index contributed by atoms with van der Waals surface area (Å²) >= 11 is 0. The number of nitrogens with zero attached hydrogens (tertiary/aromatic N) is 3. The summed E-state index contributed by atoms with van der Waals surface area (Å²) in [5.74, 6) is 1.14. The van der Waals surface area contributed by atoms with Gasteiger partial charge in [0.15, 0.2) is 0 Å². The summed E-state index contributed by atoms with van der Waals surface area (Å²) in [6, 6.07) is 6.44. The molecule has 108 valence electrons. The highest BCUT2D eigenvalue weighted by atomic mass is 16.3. The topological polar surface area (TPSA) is 41.3 Å². The van der Waals surface area contributed by atoms with Gasteiger partial charge in [-0.05, 0) is 57.0 Å². The Balaban J connectivity index is 1.94. The highest BCUT2D eigenvalue weighted by Crippen LogP contribution is 2.20. The number of imidazole rings is 1. The normalized spacial score (nSPS) is 16.3. The third-order valence-electron chi connectivity index (χ3n) is 4.09. The Morgan fingerprint density at radius 1 is 1.25 bits per heavy atom. The summed E-state index contributed by atoms with van der Waals surface area (Å²) in [5.41, 5.74) is 3.52. The molecule has 0 bridgehead atoms. The van der Waals surface area contributed by atoms with Crippen molar-refractivity contribution in [3.05, 3.63) is 29.6 Å². The van der Waals surface area contributed by atoms with Crippen LogP contribution >= 0.6 is 0 Å². The van der Waals surface area contributed by atoms with Gasteiger partial charge in [0.25, 0.3) is 0 Å². The summed E-state index contributed by atoms with van der Waals surface area (Å²) in [4.78, 5) is 7.31. The smallest absolute Gasteiger partial charge is 0.124 e. The number of rotatable bonds is 5. The van der Waals surface area contributed by atoms with Gasteiger partial charge in [-0.25, -0.2) is 4.98 Å². The molecule has 4 nitrogen and oxygen atoms in total. The molecule has 20 heavy (non-hydrogen) atoms. The molecular weight excluding hydrogens is 250 g/mol. The van der Waals surface area contributed by atoms with Crippen molar-refractivity contribution in [3.63, 3.8) is 0 Å². The van der Waals surface area contributed by atoms with Crippen molar-refractivity contribution in [3.8, 4) is 0 Å². The molecule has 0 radical (unpaired) electrons. The Labute approximate surface area is 120 Å². The van der Waals surface area contributed by atoms with Crippen molar-refractivity contribution in [1.82, 2.24) is 14.5 Å². The first kappa shape index (κ1) is 13.6. The van der Waals surface area contributed by atoms with E-state index >= 15 is 0 Å². The van der Waals surface area contributed by atoms with Crippen LogP contribution in [0, 0.1) is 6.92 Å². The fourth-order valence-corrected chi connectivity index (χ4v) is 3.03. The molecule has 4 heteroatoms. The van der Waals surface area contributed by atoms with Gasteiger partial charge >= 0.3 is 0 Å². The van der Waals surface area contributed by atoms with E-state index in [9.17, 15) is 0 Å². The molecule has 3 rings (SSSR count). The van der Waals surface area contributed by atoms with E-state index in [2.05, 4.69) is 34.6 Å². The number of hydrogen-bond donors (Lipinski definition) is 1. The van der Waals surface area contributed by atoms with Gasteiger partial charge in [0, 0.05) is 13.2 Å². The number of hydrogen-bond acceptors (Lipinski definition) is 3. The molecule has 0 amide bonds. The summed E-state index contributed by atoms with van der Waals surface area (Å²) in [6.45, 7) is 6.48. The van der Waals surface area contributed by atoms with Crippen LogP contribution in [0.5, 0.6) is 0 Å². The maximum Gasteiger partial charge on any atom is 0.124 e. The third kappa shape index (κ3) is 2.72. The second kappa shape index (κ2) is 5.94. The molecule has 0 saturated carbocycles. The van der Waals surface area contributed by atoms with Crippen LogP contribution in [0.4, 0.5) is 0 Å². The lowest BCUT2D eigenvalue weighted by atomic mass is 10.2. The van der Waals surface area contributed by atoms with Crippen molar-refractivity contribution < 1.29 is 5.11 Å². The monoisotopic (exact) mass is 273 g/mol. The summed E-state index contributed by atoms with van der Waals surface area (Å²) in [7, 11) is 0. The second-order valence-corrected chi connectivity index (χ2v) is 5.73. The van der Waals surface area contributed by atoms with Crippen LogP contribution in [0.25, 0.3) is 11.0 Å². The van der Waals surface area contributed by atoms with E-state index in [0.29, 0.717) is 0 Å². The second-order valence-electron chi connectivity index (χ2n) is 5.73. The Kier molecular flexibility index (Phi) is 4.03. The molecular formula is C16H23N3O. The van der Waals surface area contributed by atoms with Gasteiger partial charge in [0.1, 0.15) is 5.82 Å². The molecule has 0 unspecified atom stereocenters. The zero-order chi connectivity index (χ0) is 13.9. The first-order chi connectivity index (χ1) is 9.78. The lowest BCUT2D eigenvalue weighted by Crippen LogP contribution is -2.21. The van der Waals surface area contributed by atoms with Crippen LogP contribution in [0.2, 0.25) is 0 Å². The molecule has 1 aliphatic rings. The van der Waals surface area contributed by atoms with Gasteiger partial charge in [0.05, 0.1) is 17.6 Å². The minimum absolute atomic E-state index is 0.231. The molecule has 1 aliphatic heterocycles. The summed E-state index contributed by atoms with van der Waals surface area (Å²) in [6.07, 6.45) is 3.39. The predicted octanol–water partition coefficient (Wildman–Crippen LogP) is 2.32. The molecule has 0 atom stereocenters. The quantitative estimate of drug-likeness (QED) is 0.909. The molecule has 1 N–H and O–H groups in total. The number of aliphatic hydroxyl groups is 1. The van der Waals surface area contributed by atoms with E-state index in [4.69, 9.17) is 10.1 Å².